The molecule has 1 aromatic heterocycles. The monoisotopic (exact) mass is 358 g/mol. The summed E-state index contributed by atoms with van der Waals surface area (Å²) >= 11 is 1.15. The van der Waals surface area contributed by atoms with Crippen LogP contribution in [0.15, 0.2) is 53.5 Å². The van der Waals surface area contributed by atoms with Crippen LogP contribution in [0.5, 0.6) is 0 Å². The normalized spacial score (nSPS) is 11.7. The fourth-order valence-corrected chi connectivity index (χ4v) is 3.43. The summed E-state index contributed by atoms with van der Waals surface area (Å²) in [7, 11) is 0. The fourth-order valence-electron chi connectivity index (χ4n) is 2.39. The molecule has 0 saturated heterocycles. The Kier molecular flexibility index (Phi) is 5.04. The number of aromatic nitrogens is 1. The van der Waals surface area contributed by atoms with Crippen molar-refractivity contribution in [2.75, 3.05) is 6.61 Å². The summed E-state index contributed by atoms with van der Waals surface area (Å²) in [6.45, 7) is 1.70. The summed E-state index contributed by atoms with van der Waals surface area (Å²) in [5.41, 5.74) is 0.656. The minimum Gasteiger partial charge on any atom is -0.465 e. The maximum absolute atomic E-state index is 14.3. The molecule has 1 heterocycles. The van der Waals surface area contributed by atoms with Crippen LogP contribution in [0.3, 0.4) is 0 Å². The zero-order valence-electron chi connectivity index (χ0n) is 13.4. The molecule has 0 atom stereocenters. The van der Waals surface area contributed by atoms with E-state index in [1.165, 1.54) is 10.6 Å². The molecule has 0 aliphatic heterocycles. The van der Waals surface area contributed by atoms with Crippen LogP contribution in [0.1, 0.15) is 17.3 Å². The average molecular weight is 358 g/mol. The Morgan fingerprint density at radius 2 is 1.92 bits per heavy atom. The van der Waals surface area contributed by atoms with Crippen LogP contribution in [0.2, 0.25) is 0 Å². The molecular formula is C18H15FN2O3S. The van der Waals surface area contributed by atoms with Crippen LogP contribution in [-0.2, 0) is 16.1 Å². The Morgan fingerprint density at radius 3 is 2.64 bits per heavy atom. The van der Waals surface area contributed by atoms with Gasteiger partial charge >= 0.3 is 5.97 Å². The van der Waals surface area contributed by atoms with Gasteiger partial charge < -0.3 is 9.30 Å². The van der Waals surface area contributed by atoms with Crippen molar-refractivity contribution in [2.45, 2.75) is 13.5 Å². The molecule has 1 amide bonds. The van der Waals surface area contributed by atoms with E-state index < -0.39 is 17.7 Å². The number of halogens is 1. The molecule has 0 aliphatic carbocycles. The summed E-state index contributed by atoms with van der Waals surface area (Å²) in [5, 5.41) is 0. The molecule has 5 nitrogen and oxygen atoms in total. The van der Waals surface area contributed by atoms with Gasteiger partial charge in [-0.3, -0.25) is 9.59 Å². The summed E-state index contributed by atoms with van der Waals surface area (Å²) < 4.78 is 21.2. The van der Waals surface area contributed by atoms with Crippen LogP contribution in [-0.4, -0.2) is 23.1 Å². The van der Waals surface area contributed by atoms with Crippen molar-refractivity contribution in [1.82, 2.24) is 4.57 Å². The van der Waals surface area contributed by atoms with E-state index in [1.807, 2.05) is 0 Å². The van der Waals surface area contributed by atoms with E-state index in [0.717, 1.165) is 11.3 Å². The van der Waals surface area contributed by atoms with Crippen LogP contribution in [0, 0.1) is 5.82 Å². The fraction of sp³-hybridized carbons (Fsp3) is 0.167. The highest BCUT2D eigenvalue weighted by Crippen LogP contribution is 2.20. The van der Waals surface area contributed by atoms with Gasteiger partial charge in [0.25, 0.3) is 5.91 Å². The van der Waals surface area contributed by atoms with Crippen molar-refractivity contribution >= 4 is 33.4 Å². The van der Waals surface area contributed by atoms with Crippen molar-refractivity contribution in [3.8, 4) is 0 Å². The maximum Gasteiger partial charge on any atom is 0.326 e. The molecule has 0 bridgehead atoms. The number of nitrogens with zero attached hydrogens (tertiary/aromatic N) is 2. The van der Waals surface area contributed by atoms with E-state index >= 15 is 0 Å². The lowest BCUT2D eigenvalue weighted by atomic mass is 10.2. The Balaban J connectivity index is 2.13. The zero-order chi connectivity index (χ0) is 17.8. The summed E-state index contributed by atoms with van der Waals surface area (Å²) in [6.07, 6.45) is 0. The van der Waals surface area contributed by atoms with Crippen LogP contribution in [0.4, 0.5) is 4.39 Å². The van der Waals surface area contributed by atoms with E-state index in [9.17, 15) is 14.0 Å². The van der Waals surface area contributed by atoms with Gasteiger partial charge in [-0.05, 0) is 31.2 Å². The van der Waals surface area contributed by atoms with Gasteiger partial charge in [-0.1, -0.05) is 35.6 Å². The minimum absolute atomic E-state index is 0.213. The van der Waals surface area contributed by atoms with Gasteiger partial charge in [-0.25, -0.2) is 4.39 Å². The molecule has 0 unspecified atom stereocenters. The number of rotatable bonds is 4. The lowest BCUT2D eigenvalue weighted by molar-refractivity contribution is -0.143. The number of fused-ring (bicyclic) bond motifs is 1. The number of benzene rings is 2. The van der Waals surface area contributed by atoms with Gasteiger partial charge in [-0.2, -0.15) is 4.99 Å². The number of carbonyl (C=O) groups is 2. The summed E-state index contributed by atoms with van der Waals surface area (Å²) in [6, 6.07) is 13.2. The molecule has 2 aromatic carbocycles. The summed E-state index contributed by atoms with van der Waals surface area (Å²) in [4.78, 5) is 28.6. The molecular weight excluding hydrogens is 343 g/mol. The third-order valence-corrected chi connectivity index (χ3v) is 4.51. The molecule has 0 fully saturated rings. The minimum atomic E-state index is -0.515. The van der Waals surface area contributed by atoms with E-state index in [2.05, 4.69) is 4.99 Å². The van der Waals surface area contributed by atoms with Crippen molar-refractivity contribution in [1.29, 1.82) is 0 Å². The average Bonchev–Trinajstić information content (AvgIpc) is 2.94. The third-order valence-electron chi connectivity index (χ3n) is 3.46. The number of hydrogen-bond acceptors (Lipinski definition) is 4. The molecule has 25 heavy (non-hydrogen) atoms. The standard InChI is InChI=1S/C18H15FN2O3S/c1-2-24-15(22)11-21-16-13(19)9-6-10-14(16)25-18(21)20-17(23)12-7-4-3-5-8-12/h3-10H,2,11H2,1H3. The first-order chi connectivity index (χ1) is 12.1. The number of hydrogen-bond donors (Lipinski definition) is 0. The van der Waals surface area contributed by atoms with Gasteiger partial charge in [0.1, 0.15) is 12.4 Å². The van der Waals surface area contributed by atoms with Gasteiger partial charge in [0.15, 0.2) is 4.80 Å². The molecule has 3 aromatic rings. The molecule has 0 saturated carbocycles. The predicted molar refractivity (Wildman–Crippen MR) is 92.7 cm³/mol. The van der Waals surface area contributed by atoms with Crippen LogP contribution >= 0.6 is 11.3 Å². The van der Waals surface area contributed by atoms with Crippen molar-refractivity contribution in [3.05, 3.63) is 64.7 Å². The molecule has 7 heteroatoms. The second-order valence-electron chi connectivity index (χ2n) is 5.15. The van der Waals surface area contributed by atoms with E-state index in [0.29, 0.717) is 10.3 Å². The lowest BCUT2D eigenvalue weighted by Gasteiger charge is -2.05. The van der Waals surface area contributed by atoms with Crippen molar-refractivity contribution < 1.29 is 18.7 Å². The summed E-state index contributed by atoms with van der Waals surface area (Å²) in [5.74, 6) is -1.45. The second-order valence-corrected chi connectivity index (χ2v) is 6.15. The number of thiazole rings is 1. The zero-order valence-corrected chi connectivity index (χ0v) is 14.3. The molecule has 0 aliphatic rings. The number of esters is 1. The Hall–Kier alpha value is -2.80. The first kappa shape index (κ1) is 17.0. The Bertz CT molecular complexity index is 992. The van der Waals surface area contributed by atoms with E-state index in [1.54, 1.807) is 49.4 Å². The number of ether oxygens (including phenoxy) is 1. The quantitative estimate of drug-likeness (QED) is 0.673. The number of carbonyl (C=O) groups excluding carboxylic acids is 2. The van der Waals surface area contributed by atoms with Crippen LogP contribution in [0.25, 0.3) is 10.2 Å². The second kappa shape index (κ2) is 7.40. The molecule has 0 spiro atoms. The van der Waals surface area contributed by atoms with Crippen molar-refractivity contribution in [2.24, 2.45) is 4.99 Å². The lowest BCUT2D eigenvalue weighted by Crippen LogP contribution is -2.23. The molecule has 0 N–H and O–H groups in total. The predicted octanol–water partition coefficient (Wildman–Crippen LogP) is 3.15. The van der Waals surface area contributed by atoms with Gasteiger partial charge in [0.2, 0.25) is 0 Å². The van der Waals surface area contributed by atoms with E-state index in [4.69, 9.17) is 4.74 Å². The molecule has 3 rings (SSSR count). The topological polar surface area (TPSA) is 60.7 Å². The molecule has 128 valence electrons. The number of amides is 1. The SMILES string of the molecule is CCOC(=O)Cn1c(=NC(=O)c2ccccc2)sc2cccc(F)c21. The van der Waals surface area contributed by atoms with Gasteiger partial charge in [0.05, 0.1) is 16.8 Å². The van der Waals surface area contributed by atoms with Gasteiger partial charge in [0, 0.05) is 5.56 Å². The van der Waals surface area contributed by atoms with Crippen LogP contribution < -0.4 is 4.80 Å². The Labute approximate surface area is 147 Å². The third kappa shape index (κ3) is 3.66. The molecule has 0 radical (unpaired) electrons. The largest absolute Gasteiger partial charge is 0.465 e. The maximum atomic E-state index is 14.3. The first-order valence-electron chi connectivity index (χ1n) is 7.67. The Morgan fingerprint density at radius 1 is 1.16 bits per heavy atom. The van der Waals surface area contributed by atoms with Gasteiger partial charge in [-0.15, -0.1) is 0 Å². The number of para-hydroxylation sites is 1. The smallest absolute Gasteiger partial charge is 0.326 e. The highest BCUT2D eigenvalue weighted by atomic mass is 32.1. The van der Waals surface area contributed by atoms with E-state index in [-0.39, 0.29) is 23.5 Å². The first-order valence-corrected chi connectivity index (χ1v) is 8.49. The highest BCUT2D eigenvalue weighted by molar-refractivity contribution is 7.16. The highest BCUT2D eigenvalue weighted by Gasteiger charge is 2.15. The van der Waals surface area contributed by atoms with Crippen molar-refractivity contribution in [3.63, 3.8) is 0 Å².